The maximum Gasteiger partial charge on any atom is 0.416 e. The summed E-state index contributed by atoms with van der Waals surface area (Å²) in [7, 11) is 0. The van der Waals surface area contributed by atoms with E-state index in [1.807, 2.05) is 55.5 Å². The normalized spacial score (nSPS) is 17.5. The van der Waals surface area contributed by atoms with Crippen molar-refractivity contribution in [1.82, 2.24) is 4.90 Å². The molecule has 9 heteroatoms. The molecule has 5 nitrogen and oxygen atoms in total. The standard InChI is InChI=1S/C26H22F3N3O2S/c1-17-7-5-11-20(13-17)30-24(34)22-15-23(33)32(16-18-8-3-2-4-9-18)25(35-22)31-21-12-6-10-19(14-21)26(27,28)29/h2-14,22H,15-16H2,1H3,(H,30,34)/t22-/m1/s1. The number of alkyl halides is 3. The van der Waals surface area contributed by atoms with Crippen LogP contribution in [0.5, 0.6) is 0 Å². The van der Waals surface area contributed by atoms with Crippen molar-refractivity contribution in [3.05, 3.63) is 95.6 Å². The van der Waals surface area contributed by atoms with E-state index in [4.69, 9.17) is 0 Å². The number of hydrogen-bond acceptors (Lipinski definition) is 4. The first-order valence-electron chi connectivity index (χ1n) is 10.8. The Morgan fingerprint density at radius 3 is 2.51 bits per heavy atom. The highest BCUT2D eigenvalue weighted by Gasteiger charge is 2.36. The summed E-state index contributed by atoms with van der Waals surface area (Å²) in [6, 6.07) is 21.1. The second-order valence-electron chi connectivity index (χ2n) is 8.08. The van der Waals surface area contributed by atoms with E-state index in [0.717, 1.165) is 35.0 Å². The lowest BCUT2D eigenvalue weighted by Gasteiger charge is -2.32. The number of rotatable bonds is 5. The molecule has 1 heterocycles. The van der Waals surface area contributed by atoms with Gasteiger partial charge in [0.2, 0.25) is 11.8 Å². The molecule has 180 valence electrons. The molecule has 0 aliphatic carbocycles. The predicted octanol–water partition coefficient (Wildman–Crippen LogP) is 6.17. The smallest absolute Gasteiger partial charge is 0.325 e. The molecule has 3 aromatic carbocycles. The first-order chi connectivity index (χ1) is 16.7. The van der Waals surface area contributed by atoms with Gasteiger partial charge in [0.25, 0.3) is 0 Å². The van der Waals surface area contributed by atoms with Crippen LogP contribution in [0.4, 0.5) is 24.5 Å². The van der Waals surface area contributed by atoms with Crippen molar-refractivity contribution in [3.63, 3.8) is 0 Å². The topological polar surface area (TPSA) is 61.8 Å². The van der Waals surface area contributed by atoms with Crippen LogP contribution in [0.2, 0.25) is 0 Å². The molecule has 2 amide bonds. The van der Waals surface area contributed by atoms with Gasteiger partial charge in [-0.3, -0.25) is 14.5 Å². The van der Waals surface area contributed by atoms with Gasteiger partial charge in [0.05, 0.1) is 17.8 Å². The number of nitrogens with zero attached hydrogens (tertiary/aromatic N) is 2. The molecule has 1 N–H and O–H groups in total. The van der Waals surface area contributed by atoms with E-state index >= 15 is 0 Å². The third-order valence-corrected chi connectivity index (χ3v) is 6.49. The van der Waals surface area contributed by atoms with Crippen LogP contribution in [0, 0.1) is 6.92 Å². The van der Waals surface area contributed by atoms with Gasteiger partial charge in [0.15, 0.2) is 5.17 Å². The van der Waals surface area contributed by atoms with E-state index in [2.05, 4.69) is 10.3 Å². The molecule has 35 heavy (non-hydrogen) atoms. The summed E-state index contributed by atoms with van der Waals surface area (Å²) in [6.07, 6.45) is -4.58. The fraction of sp³-hybridized carbons (Fsp3) is 0.192. The third kappa shape index (κ3) is 6.30. The highest BCUT2D eigenvalue weighted by Crippen LogP contribution is 2.34. The summed E-state index contributed by atoms with van der Waals surface area (Å²) < 4.78 is 39.6. The van der Waals surface area contributed by atoms with Gasteiger partial charge in [-0.25, -0.2) is 4.99 Å². The maximum absolute atomic E-state index is 13.2. The Labute approximate surface area is 205 Å². The van der Waals surface area contributed by atoms with Crippen molar-refractivity contribution < 1.29 is 22.8 Å². The van der Waals surface area contributed by atoms with E-state index < -0.39 is 17.0 Å². The molecule has 0 spiro atoms. The molecule has 0 saturated carbocycles. The number of amides is 2. The lowest BCUT2D eigenvalue weighted by molar-refractivity contribution is -0.137. The van der Waals surface area contributed by atoms with E-state index in [-0.39, 0.29) is 35.6 Å². The predicted molar refractivity (Wildman–Crippen MR) is 131 cm³/mol. The Morgan fingerprint density at radius 2 is 1.80 bits per heavy atom. The van der Waals surface area contributed by atoms with Gasteiger partial charge in [-0.05, 0) is 48.4 Å². The van der Waals surface area contributed by atoms with Crippen molar-refractivity contribution in [2.45, 2.75) is 31.3 Å². The van der Waals surface area contributed by atoms with Crippen LogP contribution in [0.1, 0.15) is 23.1 Å². The van der Waals surface area contributed by atoms with Crippen LogP contribution >= 0.6 is 11.8 Å². The highest BCUT2D eigenvalue weighted by molar-refractivity contribution is 8.15. The summed E-state index contributed by atoms with van der Waals surface area (Å²) in [5, 5.41) is 2.21. The zero-order valence-corrected chi connectivity index (χ0v) is 19.6. The molecule has 0 radical (unpaired) electrons. The lowest BCUT2D eigenvalue weighted by Crippen LogP contribution is -2.44. The number of benzene rings is 3. The van der Waals surface area contributed by atoms with Crippen LogP contribution in [-0.4, -0.2) is 27.1 Å². The number of hydrogen-bond donors (Lipinski definition) is 1. The molecule has 1 aliphatic rings. The van der Waals surface area contributed by atoms with E-state index in [1.165, 1.54) is 17.0 Å². The van der Waals surface area contributed by atoms with Crippen LogP contribution in [0.3, 0.4) is 0 Å². The molecule has 1 saturated heterocycles. The number of aryl methyl sites for hydroxylation is 1. The fourth-order valence-corrected chi connectivity index (χ4v) is 4.67. The molecule has 0 aromatic heterocycles. The van der Waals surface area contributed by atoms with Crippen molar-refractivity contribution in [1.29, 1.82) is 0 Å². The zero-order chi connectivity index (χ0) is 25.0. The Morgan fingerprint density at radius 1 is 1.06 bits per heavy atom. The Bertz CT molecular complexity index is 1260. The van der Waals surface area contributed by atoms with Crippen LogP contribution in [0.15, 0.2) is 83.9 Å². The van der Waals surface area contributed by atoms with Gasteiger partial charge >= 0.3 is 6.18 Å². The first-order valence-corrected chi connectivity index (χ1v) is 11.7. The summed E-state index contributed by atoms with van der Waals surface area (Å²) in [6.45, 7) is 2.09. The minimum absolute atomic E-state index is 0.0490. The Hall–Kier alpha value is -3.59. The van der Waals surface area contributed by atoms with E-state index in [1.54, 1.807) is 6.07 Å². The van der Waals surface area contributed by atoms with Gasteiger partial charge in [-0.2, -0.15) is 13.2 Å². The highest BCUT2D eigenvalue weighted by atomic mass is 32.2. The number of carbonyl (C=O) groups is 2. The average molecular weight is 498 g/mol. The second kappa shape index (κ2) is 10.4. The quantitative estimate of drug-likeness (QED) is 0.458. The lowest BCUT2D eigenvalue weighted by atomic mass is 10.2. The molecule has 3 aromatic rings. The van der Waals surface area contributed by atoms with Gasteiger partial charge in [-0.15, -0.1) is 0 Å². The monoisotopic (exact) mass is 497 g/mol. The molecule has 4 rings (SSSR count). The van der Waals surface area contributed by atoms with Crippen molar-refractivity contribution in [2.75, 3.05) is 5.32 Å². The van der Waals surface area contributed by atoms with Crippen LogP contribution in [-0.2, 0) is 22.3 Å². The number of amidine groups is 1. The maximum atomic E-state index is 13.2. The second-order valence-corrected chi connectivity index (χ2v) is 9.25. The third-order valence-electron chi connectivity index (χ3n) is 5.30. The van der Waals surface area contributed by atoms with E-state index in [0.29, 0.717) is 5.69 Å². The van der Waals surface area contributed by atoms with Crippen molar-refractivity contribution >= 4 is 40.1 Å². The fourth-order valence-electron chi connectivity index (χ4n) is 3.57. The SMILES string of the molecule is Cc1cccc(NC(=O)[C@H]2CC(=O)N(Cc3ccccc3)C(=Nc3cccc(C(F)(F)F)c3)S2)c1. The van der Waals surface area contributed by atoms with Gasteiger partial charge < -0.3 is 5.32 Å². The molecule has 1 atom stereocenters. The number of nitrogens with one attached hydrogen (secondary N) is 1. The zero-order valence-electron chi connectivity index (χ0n) is 18.8. The van der Waals surface area contributed by atoms with Crippen molar-refractivity contribution in [2.24, 2.45) is 4.99 Å². The molecule has 0 unspecified atom stereocenters. The number of thioether (sulfide) groups is 1. The number of anilines is 1. The number of aliphatic imine (C=N–C) groups is 1. The minimum atomic E-state index is -4.52. The molecule has 1 fully saturated rings. The van der Waals surface area contributed by atoms with Crippen LogP contribution in [0.25, 0.3) is 0 Å². The average Bonchev–Trinajstić information content (AvgIpc) is 2.81. The summed E-state index contributed by atoms with van der Waals surface area (Å²) in [4.78, 5) is 31.9. The number of carbonyl (C=O) groups excluding carboxylic acids is 2. The summed E-state index contributed by atoms with van der Waals surface area (Å²) >= 11 is 1.06. The summed E-state index contributed by atoms with van der Waals surface area (Å²) in [5.41, 5.74) is 1.62. The first kappa shape index (κ1) is 24.5. The van der Waals surface area contributed by atoms with Gasteiger partial charge in [-0.1, -0.05) is 60.3 Å². The largest absolute Gasteiger partial charge is 0.416 e. The molecular formula is C26H22F3N3O2S. The Kier molecular flexibility index (Phi) is 7.25. The molecule has 1 aliphatic heterocycles. The van der Waals surface area contributed by atoms with Crippen LogP contribution < -0.4 is 5.32 Å². The van der Waals surface area contributed by atoms with Crippen molar-refractivity contribution in [3.8, 4) is 0 Å². The van der Waals surface area contributed by atoms with E-state index in [9.17, 15) is 22.8 Å². The summed E-state index contributed by atoms with van der Waals surface area (Å²) in [5.74, 6) is -0.701. The molecule has 0 bridgehead atoms. The van der Waals surface area contributed by atoms with Gasteiger partial charge in [0, 0.05) is 12.1 Å². The molecular weight excluding hydrogens is 475 g/mol. The minimum Gasteiger partial charge on any atom is -0.325 e. The van der Waals surface area contributed by atoms with Gasteiger partial charge in [0.1, 0.15) is 5.25 Å². The Balaban J connectivity index is 1.64. The number of halogens is 3.